The molecule has 1 aromatic heterocycles. The highest BCUT2D eigenvalue weighted by molar-refractivity contribution is 5.38. The van der Waals surface area contributed by atoms with Crippen LogP contribution in [0.1, 0.15) is 51.8 Å². The van der Waals surface area contributed by atoms with E-state index in [4.69, 9.17) is 4.98 Å². The molecule has 0 unspecified atom stereocenters. The smallest absolute Gasteiger partial charge is 0.225 e. The van der Waals surface area contributed by atoms with Crippen LogP contribution in [0.25, 0.3) is 0 Å². The van der Waals surface area contributed by atoms with Crippen molar-refractivity contribution in [3.05, 3.63) is 17.5 Å². The molecule has 0 spiro atoms. The molecule has 0 bridgehead atoms. The molecule has 0 aromatic carbocycles. The molecule has 2 heterocycles. The zero-order valence-electron chi connectivity index (χ0n) is 13.5. The highest BCUT2D eigenvalue weighted by Crippen LogP contribution is 2.31. The van der Waals surface area contributed by atoms with Gasteiger partial charge in [0, 0.05) is 36.1 Å². The summed E-state index contributed by atoms with van der Waals surface area (Å²) in [6.45, 7) is 14.0. The molecular weight excluding hydrogens is 248 g/mol. The lowest BCUT2D eigenvalue weighted by molar-refractivity contribution is 0.508. The van der Waals surface area contributed by atoms with E-state index in [2.05, 4.69) is 49.8 Å². The summed E-state index contributed by atoms with van der Waals surface area (Å²) in [5, 5.41) is 3.45. The molecule has 0 amide bonds. The molecule has 0 saturated carbocycles. The first-order valence-electron chi connectivity index (χ1n) is 7.71. The summed E-state index contributed by atoms with van der Waals surface area (Å²) in [7, 11) is 0. The zero-order valence-corrected chi connectivity index (χ0v) is 13.5. The predicted molar refractivity (Wildman–Crippen MR) is 84.0 cm³/mol. The second-order valence-electron chi connectivity index (χ2n) is 6.87. The number of anilines is 1. The second-order valence-corrected chi connectivity index (χ2v) is 6.87. The van der Waals surface area contributed by atoms with Gasteiger partial charge in [-0.05, 0) is 46.1 Å². The van der Waals surface area contributed by atoms with Crippen molar-refractivity contribution in [3.63, 3.8) is 0 Å². The maximum absolute atomic E-state index is 4.72. The van der Waals surface area contributed by atoms with Gasteiger partial charge in [0.1, 0.15) is 0 Å². The molecule has 0 atom stereocenters. The Labute approximate surface area is 123 Å². The summed E-state index contributed by atoms with van der Waals surface area (Å²) in [5.41, 5.74) is 2.48. The highest BCUT2D eigenvalue weighted by Gasteiger charge is 2.33. The third kappa shape index (κ3) is 3.48. The molecule has 1 saturated heterocycles. The Bertz CT molecular complexity index is 454. The van der Waals surface area contributed by atoms with Crippen LogP contribution in [-0.2, 0) is 6.54 Å². The molecule has 1 N–H and O–H groups in total. The lowest BCUT2D eigenvalue weighted by Gasteiger charge is -2.31. The van der Waals surface area contributed by atoms with E-state index < -0.39 is 0 Å². The van der Waals surface area contributed by atoms with Gasteiger partial charge in [-0.15, -0.1) is 0 Å². The van der Waals surface area contributed by atoms with E-state index in [1.165, 1.54) is 18.4 Å². The quantitative estimate of drug-likeness (QED) is 0.898. The zero-order chi connectivity index (χ0) is 14.8. The summed E-state index contributed by atoms with van der Waals surface area (Å²) in [5.74, 6) is 1.55. The van der Waals surface area contributed by atoms with Crippen molar-refractivity contribution < 1.29 is 0 Å². The van der Waals surface area contributed by atoms with Gasteiger partial charge in [0.15, 0.2) is 0 Å². The Morgan fingerprint density at radius 3 is 2.70 bits per heavy atom. The van der Waals surface area contributed by atoms with E-state index in [0.29, 0.717) is 5.92 Å². The third-order valence-electron chi connectivity index (χ3n) is 4.08. The van der Waals surface area contributed by atoms with E-state index in [1.807, 2.05) is 6.20 Å². The minimum Gasteiger partial charge on any atom is -0.336 e. The van der Waals surface area contributed by atoms with Crippen molar-refractivity contribution in [1.29, 1.82) is 0 Å². The molecule has 1 aliphatic heterocycles. The minimum atomic E-state index is 0.184. The van der Waals surface area contributed by atoms with Crippen LogP contribution in [0.15, 0.2) is 6.20 Å². The van der Waals surface area contributed by atoms with E-state index in [-0.39, 0.29) is 5.54 Å². The largest absolute Gasteiger partial charge is 0.336 e. The molecule has 4 nitrogen and oxygen atoms in total. The maximum atomic E-state index is 4.72. The number of hydrogen-bond donors (Lipinski definition) is 1. The second kappa shape index (κ2) is 6.08. The molecule has 4 heteroatoms. The first-order chi connectivity index (χ1) is 9.40. The topological polar surface area (TPSA) is 41.1 Å². The van der Waals surface area contributed by atoms with Crippen LogP contribution in [0.5, 0.6) is 0 Å². The molecule has 0 aliphatic carbocycles. The SMILES string of the molecule is Cc1nc(N2CCCC2(C)C)ncc1CNCC(C)C. The number of hydrogen-bond acceptors (Lipinski definition) is 4. The van der Waals surface area contributed by atoms with Crippen molar-refractivity contribution in [2.24, 2.45) is 5.92 Å². The van der Waals surface area contributed by atoms with Crippen molar-refractivity contribution in [2.75, 3.05) is 18.0 Å². The lowest BCUT2D eigenvalue weighted by Crippen LogP contribution is -2.39. The Morgan fingerprint density at radius 2 is 2.15 bits per heavy atom. The fourth-order valence-electron chi connectivity index (χ4n) is 2.76. The van der Waals surface area contributed by atoms with Crippen LogP contribution >= 0.6 is 0 Å². The van der Waals surface area contributed by atoms with Crippen LogP contribution in [0.4, 0.5) is 5.95 Å². The van der Waals surface area contributed by atoms with Crippen LogP contribution < -0.4 is 10.2 Å². The molecule has 0 radical (unpaired) electrons. The van der Waals surface area contributed by atoms with Gasteiger partial charge < -0.3 is 10.2 Å². The molecule has 20 heavy (non-hydrogen) atoms. The molecule has 2 rings (SSSR count). The van der Waals surface area contributed by atoms with E-state index in [1.54, 1.807) is 0 Å². The first-order valence-corrected chi connectivity index (χ1v) is 7.71. The van der Waals surface area contributed by atoms with Crippen LogP contribution in [0.2, 0.25) is 0 Å². The number of nitrogens with one attached hydrogen (secondary N) is 1. The van der Waals surface area contributed by atoms with Crippen molar-refractivity contribution in [3.8, 4) is 0 Å². The Morgan fingerprint density at radius 1 is 1.40 bits per heavy atom. The number of aromatic nitrogens is 2. The molecular formula is C16H28N4. The minimum absolute atomic E-state index is 0.184. The molecule has 1 aromatic rings. The van der Waals surface area contributed by atoms with E-state index >= 15 is 0 Å². The van der Waals surface area contributed by atoms with E-state index in [9.17, 15) is 0 Å². The molecule has 1 aliphatic rings. The Hall–Kier alpha value is -1.16. The number of rotatable bonds is 5. The fourth-order valence-corrected chi connectivity index (χ4v) is 2.76. The number of nitrogens with zero attached hydrogens (tertiary/aromatic N) is 3. The van der Waals surface area contributed by atoms with Crippen molar-refractivity contribution >= 4 is 5.95 Å². The van der Waals surface area contributed by atoms with Gasteiger partial charge in [-0.25, -0.2) is 9.97 Å². The summed E-state index contributed by atoms with van der Waals surface area (Å²) in [6, 6.07) is 0. The van der Waals surface area contributed by atoms with Gasteiger partial charge in [0.05, 0.1) is 0 Å². The lowest BCUT2D eigenvalue weighted by atomic mass is 10.0. The van der Waals surface area contributed by atoms with E-state index in [0.717, 1.165) is 31.3 Å². The van der Waals surface area contributed by atoms with Gasteiger partial charge in [-0.2, -0.15) is 0 Å². The average molecular weight is 276 g/mol. The van der Waals surface area contributed by atoms with Gasteiger partial charge in [0.25, 0.3) is 0 Å². The van der Waals surface area contributed by atoms with Gasteiger partial charge in [-0.3, -0.25) is 0 Å². The summed E-state index contributed by atoms with van der Waals surface area (Å²) in [4.78, 5) is 11.7. The maximum Gasteiger partial charge on any atom is 0.225 e. The van der Waals surface area contributed by atoms with Gasteiger partial charge >= 0.3 is 0 Å². The normalized spacial score (nSPS) is 18.0. The van der Waals surface area contributed by atoms with Crippen LogP contribution in [0.3, 0.4) is 0 Å². The van der Waals surface area contributed by atoms with Crippen LogP contribution in [0, 0.1) is 12.8 Å². The molecule has 112 valence electrons. The highest BCUT2D eigenvalue weighted by atomic mass is 15.3. The van der Waals surface area contributed by atoms with Gasteiger partial charge in [0.2, 0.25) is 5.95 Å². The predicted octanol–water partition coefficient (Wildman–Crippen LogP) is 2.91. The third-order valence-corrected chi connectivity index (χ3v) is 4.08. The summed E-state index contributed by atoms with van der Waals surface area (Å²) < 4.78 is 0. The summed E-state index contributed by atoms with van der Waals surface area (Å²) >= 11 is 0. The standard InChI is InChI=1S/C16H28N4/c1-12(2)9-17-10-14-11-18-15(19-13(14)3)20-8-6-7-16(20,4)5/h11-12,17H,6-10H2,1-5H3. The van der Waals surface area contributed by atoms with Crippen LogP contribution in [-0.4, -0.2) is 28.6 Å². The van der Waals surface area contributed by atoms with Crippen molar-refractivity contribution in [2.45, 2.75) is 59.5 Å². The average Bonchev–Trinajstić information content (AvgIpc) is 2.70. The molecule has 1 fully saturated rings. The first kappa shape index (κ1) is 15.2. The number of aryl methyl sites for hydroxylation is 1. The Balaban J connectivity index is 2.06. The Kier molecular flexibility index (Phi) is 4.63. The fraction of sp³-hybridized carbons (Fsp3) is 0.750. The van der Waals surface area contributed by atoms with Crippen molar-refractivity contribution in [1.82, 2.24) is 15.3 Å². The monoisotopic (exact) mass is 276 g/mol. The van der Waals surface area contributed by atoms with Gasteiger partial charge in [-0.1, -0.05) is 13.8 Å². The summed E-state index contributed by atoms with van der Waals surface area (Å²) in [6.07, 6.45) is 4.43.